The SMILES string of the molecule is CC(C)NC(=O)C(C#N)=CN(C)C. The van der Waals surface area contributed by atoms with E-state index in [-0.39, 0.29) is 17.5 Å². The number of hydrogen-bond donors (Lipinski definition) is 1. The summed E-state index contributed by atoms with van der Waals surface area (Å²) in [5.41, 5.74) is 0.124. The van der Waals surface area contributed by atoms with Crippen LogP contribution in [0, 0.1) is 11.3 Å². The van der Waals surface area contributed by atoms with E-state index in [1.807, 2.05) is 19.9 Å². The van der Waals surface area contributed by atoms with Crippen LogP contribution in [0.25, 0.3) is 0 Å². The highest BCUT2D eigenvalue weighted by atomic mass is 16.1. The fourth-order valence-corrected chi connectivity index (χ4v) is 0.736. The van der Waals surface area contributed by atoms with Crippen LogP contribution < -0.4 is 5.32 Å². The minimum absolute atomic E-state index is 0.0476. The van der Waals surface area contributed by atoms with Gasteiger partial charge in [0.25, 0.3) is 5.91 Å². The van der Waals surface area contributed by atoms with Crippen LogP contribution in [0.5, 0.6) is 0 Å². The van der Waals surface area contributed by atoms with E-state index in [9.17, 15) is 4.79 Å². The van der Waals surface area contributed by atoms with Gasteiger partial charge in [0.2, 0.25) is 0 Å². The van der Waals surface area contributed by atoms with Crippen molar-refractivity contribution in [3.8, 4) is 6.07 Å². The Morgan fingerprint density at radius 1 is 1.54 bits per heavy atom. The number of nitriles is 1. The van der Waals surface area contributed by atoms with Crippen LogP contribution in [0.4, 0.5) is 0 Å². The van der Waals surface area contributed by atoms with Crippen LogP contribution in [0.3, 0.4) is 0 Å². The normalized spacial score (nSPS) is 10.9. The van der Waals surface area contributed by atoms with Gasteiger partial charge in [-0.2, -0.15) is 5.26 Å². The molecule has 0 aromatic rings. The Bertz CT molecular complexity index is 248. The molecule has 4 nitrogen and oxygen atoms in total. The number of hydrogen-bond acceptors (Lipinski definition) is 3. The van der Waals surface area contributed by atoms with Gasteiger partial charge in [-0.3, -0.25) is 4.79 Å². The van der Waals surface area contributed by atoms with Crippen LogP contribution >= 0.6 is 0 Å². The van der Waals surface area contributed by atoms with Crippen molar-refractivity contribution in [2.75, 3.05) is 14.1 Å². The minimum Gasteiger partial charge on any atom is -0.382 e. The summed E-state index contributed by atoms with van der Waals surface area (Å²) in [6.07, 6.45) is 1.50. The topological polar surface area (TPSA) is 56.1 Å². The van der Waals surface area contributed by atoms with E-state index in [4.69, 9.17) is 5.26 Å². The highest BCUT2D eigenvalue weighted by Gasteiger charge is 2.09. The maximum Gasteiger partial charge on any atom is 0.263 e. The van der Waals surface area contributed by atoms with Gasteiger partial charge < -0.3 is 10.2 Å². The Morgan fingerprint density at radius 3 is 2.38 bits per heavy atom. The van der Waals surface area contributed by atoms with Crippen molar-refractivity contribution >= 4 is 5.91 Å². The van der Waals surface area contributed by atoms with E-state index in [1.165, 1.54) is 6.20 Å². The van der Waals surface area contributed by atoms with Gasteiger partial charge in [-0.25, -0.2) is 0 Å². The molecule has 1 amide bonds. The maximum atomic E-state index is 11.3. The van der Waals surface area contributed by atoms with Crippen molar-refractivity contribution in [2.24, 2.45) is 0 Å². The van der Waals surface area contributed by atoms with Crippen LogP contribution in [0.1, 0.15) is 13.8 Å². The first kappa shape index (κ1) is 11.5. The van der Waals surface area contributed by atoms with Gasteiger partial charge in [0, 0.05) is 26.3 Å². The molecular formula is C9H15N3O. The summed E-state index contributed by atoms with van der Waals surface area (Å²) in [5, 5.41) is 11.3. The van der Waals surface area contributed by atoms with Gasteiger partial charge in [0.15, 0.2) is 0 Å². The first-order valence-corrected chi connectivity index (χ1v) is 4.06. The minimum atomic E-state index is -0.328. The Hall–Kier alpha value is -1.50. The van der Waals surface area contributed by atoms with E-state index in [2.05, 4.69) is 5.32 Å². The highest BCUT2D eigenvalue weighted by molar-refractivity contribution is 5.97. The maximum absolute atomic E-state index is 11.3. The molecule has 0 atom stereocenters. The van der Waals surface area contributed by atoms with Crippen LogP contribution in [0.15, 0.2) is 11.8 Å². The quantitative estimate of drug-likeness (QED) is 0.509. The van der Waals surface area contributed by atoms with E-state index < -0.39 is 0 Å². The van der Waals surface area contributed by atoms with Crippen molar-refractivity contribution in [1.82, 2.24) is 10.2 Å². The van der Waals surface area contributed by atoms with Gasteiger partial charge in [0.1, 0.15) is 11.6 Å². The second kappa shape index (κ2) is 5.20. The zero-order valence-corrected chi connectivity index (χ0v) is 8.46. The second-order valence-corrected chi connectivity index (χ2v) is 3.25. The molecule has 0 saturated carbocycles. The second-order valence-electron chi connectivity index (χ2n) is 3.25. The number of rotatable bonds is 3. The fraction of sp³-hybridized carbons (Fsp3) is 0.556. The summed E-state index contributed by atoms with van der Waals surface area (Å²) in [7, 11) is 3.53. The third kappa shape index (κ3) is 4.86. The van der Waals surface area contributed by atoms with Gasteiger partial charge in [-0.15, -0.1) is 0 Å². The average molecular weight is 181 g/mol. The largest absolute Gasteiger partial charge is 0.382 e. The van der Waals surface area contributed by atoms with Crippen molar-refractivity contribution in [3.05, 3.63) is 11.8 Å². The monoisotopic (exact) mass is 181 g/mol. The van der Waals surface area contributed by atoms with E-state index in [0.717, 1.165) is 0 Å². The predicted molar refractivity (Wildman–Crippen MR) is 50.7 cm³/mol. The first-order chi connectivity index (χ1) is 5.97. The molecule has 0 aromatic heterocycles. The molecule has 0 fully saturated rings. The molecule has 0 bridgehead atoms. The molecule has 1 N–H and O–H groups in total. The van der Waals surface area contributed by atoms with Crippen LogP contribution in [-0.2, 0) is 4.79 Å². The molecule has 0 saturated heterocycles. The molecule has 0 rings (SSSR count). The standard InChI is InChI=1S/C9H15N3O/c1-7(2)11-9(13)8(5-10)6-12(3)4/h6-7H,1-4H3,(H,11,13). The average Bonchev–Trinajstić information content (AvgIpc) is 1.98. The number of amides is 1. The zero-order valence-electron chi connectivity index (χ0n) is 8.46. The van der Waals surface area contributed by atoms with E-state index in [1.54, 1.807) is 19.0 Å². The van der Waals surface area contributed by atoms with E-state index >= 15 is 0 Å². The molecular weight excluding hydrogens is 166 g/mol. The molecule has 0 radical (unpaired) electrons. The molecule has 13 heavy (non-hydrogen) atoms. The molecule has 0 aromatic carbocycles. The Balaban J connectivity index is 4.44. The number of carbonyl (C=O) groups is 1. The van der Waals surface area contributed by atoms with Crippen molar-refractivity contribution in [3.63, 3.8) is 0 Å². The lowest BCUT2D eigenvalue weighted by atomic mass is 10.2. The zero-order chi connectivity index (χ0) is 10.4. The van der Waals surface area contributed by atoms with Gasteiger partial charge in [-0.05, 0) is 13.8 Å². The molecule has 0 heterocycles. The lowest BCUT2D eigenvalue weighted by molar-refractivity contribution is -0.117. The fourth-order valence-electron chi connectivity index (χ4n) is 0.736. The van der Waals surface area contributed by atoms with Crippen LogP contribution in [0.2, 0.25) is 0 Å². The third-order valence-corrected chi connectivity index (χ3v) is 1.17. The summed E-state index contributed by atoms with van der Waals surface area (Å²) in [5.74, 6) is -0.328. The Labute approximate surface area is 78.8 Å². The molecule has 0 aliphatic carbocycles. The summed E-state index contributed by atoms with van der Waals surface area (Å²) in [4.78, 5) is 13.0. The number of carbonyl (C=O) groups excluding carboxylic acids is 1. The van der Waals surface area contributed by atoms with E-state index in [0.29, 0.717) is 0 Å². The summed E-state index contributed by atoms with van der Waals surface area (Å²) in [6.45, 7) is 3.70. The van der Waals surface area contributed by atoms with Crippen molar-refractivity contribution in [2.45, 2.75) is 19.9 Å². The van der Waals surface area contributed by atoms with Crippen LogP contribution in [-0.4, -0.2) is 30.9 Å². The predicted octanol–water partition coefficient (Wildman–Crippen LogP) is 0.480. The van der Waals surface area contributed by atoms with Crippen molar-refractivity contribution < 1.29 is 4.79 Å². The Kier molecular flexibility index (Phi) is 4.60. The summed E-state index contributed by atoms with van der Waals surface area (Å²) >= 11 is 0. The lowest BCUT2D eigenvalue weighted by Crippen LogP contribution is -2.31. The first-order valence-electron chi connectivity index (χ1n) is 4.06. The molecule has 72 valence electrons. The molecule has 0 aliphatic rings. The highest BCUT2D eigenvalue weighted by Crippen LogP contribution is 1.94. The summed E-state index contributed by atoms with van der Waals surface area (Å²) in [6, 6.07) is 1.89. The van der Waals surface area contributed by atoms with Gasteiger partial charge in [0.05, 0.1) is 0 Å². The summed E-state index contributed by atoms with van der Waals surface area (Å²) < 4.78 is 0. The Morgan fingerprint density at radius 2 is 2.08 bits per heavy atom. The smallest absolute Gasteiger partial charge is 0.263 e. The molecule has 0 aliphatic heterocycles. The lowest BCUT2D eigenvalue weighted by Gasteiger charge is -2.09. The molecule has 4 heteroatoms. The number of nitrogens with zero attached hydrogens (tertiary/aromatic N) is 2. The van der Waals surface area contributed by atoms with Gasteiger partial charge in [-0.1, -0.05) is 0 Å². The number of nitrogens with one attached hydrogen (secondary N) is 1. The third-order valence-electron chi connectivity index (χ3n) is 1.17. The molecule has 0 spiro atoms. The molecule has 0 unspecified atom stereocenters. The van der Waals surface area contributed by atoms with Crippen molar-refractivity contribution in [1.29, 1.82) is 5.26 Å². The van der Waals surface area contributed by atoms with Gasteiger partial charge >= 0.3 is 0 Å².